The number of aromatic nitrogens is 3. The van der Waals surface area contributed by atoms with Gasteiger partial charge >= 0.3 is 0 Å². The van der Waals surface area contributed by atoms with E-state index in [0.717, 1.165) is 64.5 Å². The van der Waals surface area contributed by atoms with Gasteiger partial charge in [-0.2, -0.15) is 15.0 Å². The molecule has 1 aromatic heterocycles. The minimum atomic E-state index is 0.0107. The maximum absolute atomic E-state index is 6.91. The zero-order valence-corrected chi connectivity index (χ0v) is 29.8. The van der Waals surface area contributed by atoms with E-state index in [1.165, 1.54) is 0 Å². The summed E-state index contributed by atoms with van der Waals surface area (Å²) in [5.74, 6) is 1.38. The van der Waals surface area contributed by atoms with Gasteiger partial charge in [-0.1, -0.05) is 53.7 Å². The van der Waals surface area contributed by atoms with Crippen molar-refractivity contribution in [1.29, 1.82) is 0 Å². The Morgan fingerprint density at radius 1 is 0.791 bits per heavy atom. The van der Waals surface area contributed by atoms with Crippen LogP contribution < -0.4 is 20.4 Å². The molecule has 0 spiro atoms. The molecular weight excluding hydrogens is 554 g/mol. The molecular formula is C35H62ClN7. The Hall–Kier alpha value is -1.70. The Kier molecular flexibility index (Phi) is 11.8. The summed E-state index contributed by atoms with van der Waals surface area (Å²) in [6.07, 6.45) is 11.9. The van der Waals surface area contributed by atoms with Gasteiger partial charge in [-0.25, -0.2) is 0 Å². The lowest BCUT2D eigenvalue weighted by Crippen LogP contribution is -2.59. The molecule has 2 fully saturated rings. The van der Waals surface area contributed by atoms with Crippen LogP contribution >= 0.6 is 11.6 Å². The first-order valence-electron chi connectivity index (χ1n) is 16.7. The molecule has 4 atom stereocenters. The third kappa shape index (κ3) is 8.73. The van der Waals surface area contributed by atoms with Crippen LogP contribution in [0.5, 0.6) is 0 Å². The molecule has 1 aromatic rings. The van der Waals surface area contributed by atoms with Crippen LogP contribution in [0.2, 0.25) is 5.28 Å². The highest BCUT2D eigenvalue weighted by Gasteiger charge is 2.43. The fraction of sp³-hybridized carbons (Fsp3) is 0.800. The van der Waals surface area contributed by atoms with E-state index in [1.54, 1.807) is 0 Å². The Labute approximate surface area is 268 Å². The topological polar surface area (TPSA) is 69.2 Å². The van der Waals surface area contributed by atoms with E-state index in [0.29, 0.717) is 11.9 Å². The van der Waals surface area contributed by atoms with Gasteiger partial charge in [0.2, 0.25) is 17.2 Å². The highest BCUT2D eigenvalue weighted by molar-refractivity contribution is 6.28. The maximum atomic E-state index is 6.91. The van der Waals surface area contributed by atoms with E-state index in [4.69, 9.17) is 26.6 Å². The summed E-state index contributed by atoms with van der Waals surface area (Å²) in [6.45, 7) is 33.4. The third-order valence-corrected chi connectivity index (χ3v) is 10.7. The zero-order chi connectivity index (χ0) is 32.2. The van der Waals surface area contributed by atoms with Crippen molar-refractivity contribution in [2.24, 2.45) is 10.8 Å². The van der Waals surface area contributed by atoms with Gasteiger partial charge in [0.05, 0.1) is 0 Å². The Balaban J connectivity index is 2.27. The highest BCUT2D eigenvalue weighted by atomic mass is 35.5. The van der Waals surface area contributed by atoms with Gasteiger partial charge in [0.1, 0.15) is 0 Å². The molecule has 0 saturated carbocycles. The first-order valence-corrected chi connectivity index (χ1v) is 17.1. The van der Waals surface area contributed by atoms with Crippen molar-refractivity contribution in [3.8, 4) is 0 Å². The van der Waals surface area contributed by atoms with Crippen LogP contribution in [0.3, 0.4) is 0 Å². The standard InChI is InChI=1S/C35H62ClN7/c1-13-17-27(32(5,6)15-3)42(25-19-21-37-34(9,10)23-25)30-39-29(36)40-31(41-30)43(26-20-22-38-35(11,12)24-26)28(18-14-2)33(7,8)16-4/h13-14,25-28,37-38H,1-2,15-24H2,3-12H3. The molecule has 2 saturated heterocycles. The van der Waals surface area contributed by atoms with Gasteiger partial charge in [0, 0.05) is 35.2 Å². The van der Waals surface area contributed by atoms with Crippen LogP contribution in [0.25, 0.3) is 0 Å². The molecule has 7 nitrogen and oxygen atoms in total. The molecule has 2 N–H and O–H groups in total. The predicted molar refractivity (Wildman–Crippen MR) is 185 cm³/mol. The first-order chi connectivity index (χ1) is 20.0. The average molecular weight is 616 g/mol. The summed E-state index contributed by atoms with van der Waals surface area (Å²) in [5, 5.41) is 7.68. The fourth-order valence-corrected chi connectivity index (χ4v) is 7.39. The monoisotopic (exact) mass is 615 g/mol. The van der Waals surface area contributed by atoms with E-state index in [1.807, 2.05) is 0 Å². The lowest BCUT2D eigenvalue weighted by Gasteiger charge is -2.50. The molecule has 2 aliphatic heterocycles. The number of halogens is 1. The highest BCUT2D eigenvalue weighted by Crippen LogP contribution is 2.41. The number of hydrogen-bond acceptors (Lipinski definition) is 7. The van der Waals surface area contributed by atoms with Crippen LogP contribution in [0, 0.1) is 10.8 Å². The summed E-state index contributed by atoms with van der Waals surface area (Å²) in [5.41, 5.74) is 0.0548. The smallest absolute Gasteiger partial charge is 0.232 e. The lowest BCUT2D eigenvalue weighted by molar-refractivity contribution is 0.202. The van der Waals surface area contributed by atoms with Crippen molar-refractivity contribution in [2.45, 2.75) is 156 Å². The van der Waals surface area contributed by atoms with Crippen molar-refractivity contribution >= 4 is 23.5 Å². The normalized spacial score (nSPS) is 23.7. The van der Waals surface area contributed by atoms with Crippen LogP contribution in [0.1, 0.15) is 121 Å². The van der Waals surface area contributed by atoms with Crippen LogP contribution in [0.4, 0.5) is 11.9 Å². The molecule has 2 aliphatic rings. The van der Waals surface area contributed by atoms with Crippen LogP contribution in [0.15, 0.2) is 25.3 Å². The average Bonchev–Trinajstić information content (AvgIpc) is 2.91. The van der Waals surface area contributed by atoms with Gasteiger partial charge in [-0.15, -0.1) is 13.2 Å². The number of hydrogen-bond donors (Lipinski definition) is 2. The van der Waals surface area contributed by atoms with Crippen molar-refractivity contribution in [2.75, 3.05) is 22.9 Å². The second-order valence-corrected chi connectivity index (χ2v) is 16.0. The Morgan fingerprint density at radius 3 is 1.47 bits per heavy atom. The number of rotatable bonds is 14. The number of anilines is 2. The van der Waals surface area contributed by atoms with Crippen molar-refractivity contribution in [3.05, 3.63) is 30.6 Å². The summed E-state index contributed by atoms with van der Waals surface area (Å²) in [7, 11) is 0. The molecule has 0 aromatic carbocycles. The molecule has 3 rings (SSSR count). The first kappa shape index (κ1) is 35.8. The summed E-state index contributed by atoms with van der Waals surface area (Å²) < 4.78 is 0. The number of piperidine rings is 2. The third-order valence-electron chi connectivity index (χ3n) is 10.6. The maximum Gasteiger partial charge on any atom is 0.232 e. The zero-order valence-electron chi connectivity index (χ0n) is 29.1. The van der Waals surface area contributed by atoms with Gasteiger partial charge in [0.25, 0.3) is 0 Å². The molecule has 0 amide bonds. The molecule has 8 heteroatoms. The lowest BCUT2D eigenvalue weighted by atomic mass is 9.77. The Bertz CT molecular complexity index is 1000. The summed E-state index contributed by atoms with van der Waals surface area (Å²) in [6, 6.07) is 0.867. The van der Waals surface area contributed by atoms with Crippen molar-refractivity contribution in [1.82, 2.24) is 25.6 Å². The van der Waals surface area contributed by atoms with E-state index in [9.17, 15) is 0 Å². The molecule has 0 bridgehead atoms. The van der Waals surface area contributed by atoms with Gasteiger partial charge < -0.3 is 20.4 Å². The molecule has 0 aliphatic carbocycles. The molecule has 244 valence electrons. The predicted octanol–water partition coefficient (Wildman–Crippen LogP) is 7.96. The minimum Gasteiger partial charge on any atom is -0.334 e. The number of nitrogens with one attached hydrogen (secondary N) is 2. The van der Waals surface area contributed by atoms with Gasteiger partial charge in [0.15, 0.2) is 0 Å². The fourth-order valence-electron chi connectivity index (χ4n) is 7.24. The van der Waals surface area contributed by atoms with E-state index >= 15 is 0 Å². The summed E-state index contributed by atoms with van der Waals surface area (Å²) >= 11 is 6.91. The molecule has 4 unspecified atom stereocenters. The second kappa shape index (κ2) is 14.2. The largest absolute Gasteiger partial charge is 0.334 e. The Morgan fingerprint density at radius 2 is 1.16 bits per heavy atom. The molecule has 0 radical (unpaired) electrons. The van der Waals surface area contributed by atoms with Crippen molar-refractivity contribution < 1.29 is 0 Å². The van der Waals surface area contributed by atoms with Gasteiger partial charge in [-0.05, 0) is 115 Å². The van der Waals surface area contributed by atoms with Crippen LogP contribution in [-0.4, -0.2) is 63.3 Å². The summed E-state index contributed by atoms with van der Waals surface area (Å²) in [4.78, 5) is 20.2. The van der Waals surface area contributed by atoms with E-state index < -0.39 is 0 Å². The van der Waals surface area contributed by atoms with E-state index in [2.05, 4.69) is 115 Å². The SMILES string of the molecule is C=CCC(N(c1nc(Cl)nc(N(C2CCNC(C)(C)C2)C(CC=C)C(C)(C)CC)n1)C1CCNC(C)(C)C1)C(C)(C)CC. The number of nitrogens with zero attached hydrogens (tertiary/aromatic N) is 5. The second-order valence-electron chi connectivity index (χ2n) is 15.7. The quantitative estimate of drug-likeness (QED) is 0.206. The van der Waals surface area contributed by atoms with Gasteiger partial charge in [-0.3, -0.25) is 0 Å². The van der Waals surface area contributed by atoms with Crippen LogP contribution in [-0.2, 0) is 0 Å². The van der Waals surface area contributed by atoms with E-state index in [-0.39, 0.29) is 51.4 Å². The minimum absolute atomic E-state index is 0.0107. The van der Waals surface area contributed by atoms with Crippen molar-refractivity contribution in [3.63, 3.8) is 0 Å². The molecule has 3 heterocycles. The molecule has 43 heavy (non-hydrogen) atoms.